The van der Waals surface area contributed by atoms with Gasteiger partial charge in [-0.2, -0.15) is 0 Å². The summed E-state index contributed by atoms with van der Waals surface area (Å²) in [6, 6.07) is 5.65. The third kappa shape index (κ3) is 3.11. The van der Waals surface area contributed by atoms with Gasteiger partial charge in [-0.1, -0.05) is 23.6 Å². The Morgan fingerprint density at radius 1 is 1.53 bits per heavy atom. The molecule has 0 atom stereocenters. The predicted octanol–water partition coefficient (Wildman–Crippen LogP) is 1.81. The molecule has 1 aliphatic rings. The fraction of sp³-hybridized carbons (Fsp3) is 0.231. The molecule has 0 spiro atoms. The second-order valence-electron chi connectivity index (χ2n) is 3.68. The van der Waals surface area contributed by atoms with Gasteiger partial charge in [-0.25, -0.2) is 0 Å². The number of benzene rings is 1. The molecule has 1 amide bonds. The van der Waals surface area contributed by atoms with Gasteiger partial charge in [-0.3, -0.25) is 9.59 Å². The van der Waals surface area contributed by atoms with Gasteiger partial charge >= 0.3 is 0 Å². The van der Waals surface area contributed by atoms with E-state index < -0.39 is 0 Å². The van der Waals surface area contributed by atoms with Gasteiger partial charge in [0.25, 0.3) is 0 Å². The molecule has 2 rings (SSSR count). The fourth-order valence-corrected chi connectivity index (χ4v) is 1.93. The quantitative estimate of drug-likeness (QED) is 0.768. The number of fused-ring (bicyclic) bond motifs is 1. The maximum Gasteiger partial charge on any atom is 0.228 e. The highest BCUT2D eigenvalue weighted by molar-refractivity contribution is 8.13. The molecule has 86 valence electrons. The normalized spacial score (nSPS) is 12.4. The third-order valence-corrected chi connectivity index (χ3v) is 3.01. The van der Waals surface area contributed by atoms with Crippen molar-refractivity contribution in [1.29, 1.82) is 0 Å². The van der Waals surface area contributed by atoms with Gasteiger partial charge in [0.1, 0.15) is 0 Å². The standard InChI is InChI=1S/C13H11NO2S/c1-9(15)17-6-2-3-10-4-5-12-11(7-10)8-13(16)14-12/h4-5,7H,6,8H2,1H3,(H,14,16). The van der Waals surface area contributed by atoms with Crippen LogP contribution in [0.1, 0.15) is 18.1 Å². The van der Waals surface area contributed by atoms with Crippen molar-refractivity contribution in [3.05, 3.63) is 29.3 Å². The van der Waals surface area contributed by atoms with Crippen LogP contribution in [0.25, 0.3) is 0 Å². The fourth-order valence-electron chi connectivity index (χ4n) is 1.58. The first-order valence-electron chi connectivity index (χ1n) is 5.20. The smallest absolute Gasteiger partial charge is 0.228 e. The van der Waals surface area contributed by atoms with Crippen molar-refractivity contribution in [2.75, 3.05) is 11.1 Å². The molecule has 0 bridgehead atoms. The summed E-state index contributed by atoms with van der Waals surface area (Å²) in [5.41, 5.74) is 2.74. The largest absolute Gasteiger partial charge is 0.326 e. The average Bonchev–Trinajstić information content (AvgIpc) is 2.63. The summed E-state index contributed by atoms with van der Waals surface area (Å²) in [4.78, 5) is 21.9. The van der Waals surface area contributed by atoms with E-state index in [1.807, 2.05) is 18.2 Å². The van der Waals surface area contributed by atoms with Crippen LogP contribution < -0.4 is 5.32 Å². The minimum atomic E-state index is 0.0252. The average molecular weight is 245 g/mol. The third-order valence-electron chi connectivity index (χ3n) is 2.31. The summed E-state index contributed by atoms with van der Waals surface area (Å²) < 4.78 is 0. The number of anilines is 1. The zero-order chi connectivity index (χ0) is 12.3. The molecule has 1 N–H and O–H groups in total. The minimum absolute atomic E-state index is 0.0252. The van der Waals surface area contributed by atoms with E-state index in [1.54, 1.807) is 0 Å². The lowest BCUT2D eigenvalue weighted by molar-refractivity contribution is -0.115. The van der Waals surface area contributed by atoms with Crippen molar-refractivity contribution in [2.24, 2.45) is 0 Å². The predicted molar refractivity (Wildman–Crippen MR) is 68.8 cm³/mol. The molecule has 0 saturated heterocycles. The van der Waals surface area contributed by atoms with Crippen LogP contribution in [0.15, 0.2) is 18.2 Å². The summed E-state index contributed by atoms with van der Waals surface area (Å²) in [6.07, 6.45) is 0.424. The van der Waals surface area contributed by atoms with E-state index >= 15 is 0 Å². The van der Waals surface area contributed by atoms with Gasteiger partial charge in [0.05, 0.1) is 12.2 Å². The Hall–Kier alpha value is -1.73. The van der Waals surface area contributed by atoms with Gasteiger partial charge in [0.15, 0.2) is 5.12 Å². The van der Waals surface area contributed by atoms with Crippen molar-refractivity contribution in [1.82, 2.24) is 0 Å². The Kier molecular flexibility index (Phi) is 3.50. The number of nitrogens with one attached hydrogen (secondary N) is 1. The van der Waals surface area contributed by atoms with E-state index in [-0.39, 0.29) is 11.0 Å². The van der Waals surface area contributed by atoms with Crippen LogP contribution in [-0.4, -0.2) is 16.8 Å². The summed E-state index contributed by atoms with van der Waals surface area (Å²) in [6.45, 7) is 1.53. The Labute approximate surface area is 104 Å². The van der Waals surface area contributed by atoms with E-state index in [2.05, 4.69) is 17.2 Å². The number of hydrogen-bond acceptors (Lipinski definition) is 3. The maximum absolute atomic E-state index is 11.2. The van der Waals surface area contributed by atoms with Crippen molar-refractivity contribution in [3.8, 4) is 11.8 Å². The van der Waals surface area contributed by atoms with Gasteiger partial charge in [-0.05, 0) is 23.8 Å². The van der Waals surface area contributed by atoms with Crippen LogP contribution in [0.2, 0.25) is 0 Å². The second-order valence-corrected chi connectivity index (χ2v) is 4.83. The molecule has 1 heterocycles. The van der Waals surface area contributed by atoms with Crippen LogP contribution in [0.4, 0.5) is 5.69 Å². The van der Waals surface area contributed by atoms with Crippen LogP contribution in [0, 0.1) is 11.8 Å². The van der Waals surface area contributed by atoms with Crippen LogP contribution in [0.5, 0.6) is 0 Å². The molecule has 17 heavy (non-hydrogen) atoms. The summed E-state index contributed by atoms with van der Waals surface area (Å²) in [7, 11) is 0. The molecule has 3 nitrogen and oxygen atoms in total. The monoisotopic (exact) mass is 245 g/mol. The van der Waals surface area contributed by atoms with E-state index in [4.69, 9.17) is 0 Å². The highest BCUT2D eigenvalue weighted by Gasteiger charge is 2.16. The lowest BCUT2D eigenvalue weighted by Gasteiger charge is -1.97. The molecule has 0 saturated carbocycles. The molecule has 0 unspecified atom stereocenters. The van der Waals surface area contributed by atoms with Crippen molar-refractivity contribution < 1.29 is 9.59 Å². The Morgan fingerprint density at radius 3 is 3.12 bits per heavy atom. The molecule has 4 heteroatoms. The zero-order valence-electron chi connectivity index (χ0n) is 9.37. The first-order valence-corrected chi connectivity index (χ1v) is 6.19. The molecule has 0 aromatic heterocycles. The second kappa shape index (κ2) is 5.07. The van der Waals surface area contributed by atoms with Crippen LogP contribution in [-0.2, 0) is 16.0 Å². The number of hydrogen-bond donors (Lipinski definition) is 1. The molecular weight excluding hydrogens is 234 g/mol. The SMILES string of the molecule is CC(=O)SCC#Cc1ccc2c(c1)CC(=O)N2. The Morgan fingerprint density at radius 2 is 2.35 bits per heavy atom. The number of amides is 1. The van der Waals surface area contributed by atoms with Crippen LogP contribution in [0.3, 0.4) is 0 Å². The lowest BCUT2D eigenvalue weighted by atomic mass is 10.1. The number of thioether (sulfide) groups is 1. The Balaban J connectivity index is 2.06. The first-order chi connectivity index (χ1) is 8.15. The van der Waals surface area contributed by atoms with E-state index in [9.17, 15) is 9.59 Å². The number of carbonyl (C=O) groups is 2. The topological polar surface area (TPSA) is 46.2 Å². The van der Waals surface area contributed by atoms with Gasteiger partial charge in [0, 0.05) is 18.2 Å². The highest BCUT2D eigenvalue weighted by Crippen LogP contribution is 2.23. The minimum Gasteiger partial charge on any atom is -0.326 e. The molecule has 0 aliphatic carbocycles. The zero-order valence-corrected chi connectivity index (χ0v) is 10.2. The lowest BCUT2D eigenvalue weighted by Crippen LogP contribution is -2.03. The van der Waals surface area contributed by atoms with Crippen molar-refractivity contribution in [3.63, 3.8) is 0 Å². The van der Waals surface area contributed by atoms with Gasteiger partial charge < -0.3 is 5.32 Å². The summed E-state index contributed by atoms with van der Waals surface area (Å²) in [5, 5.41) is 2.84. The molecule has 1 aliphatic heterocycles. The molecule has 0 radical (unpaired) electrons. The van der Waals surface area contributed by atoms with E-state index in [1.165, 1.54) is 18.7 Å². The molecule has 1 aromatic carbocycles. The first kappa shape index (κ1) is 11.7. The van der Waals surface area contributed by atoms with E-state index in [0.717, 1.165) is 16.8 Å². The van der Waals surface area contributed by atoms with Gasteiger partial charge in [-0.15, -0.1) is 0 Å². The van der Waals surface area contributed by atoms with Crippen molar-refractivity contribution in [2.45, 2.75) is 13.3 Å². The van der Waals surface area contributed by atoms with E-state index in [0.29, 0.717) is 12.2 Å². The molecular formula is C13H11NO2S. The van der Waals surface area contributed by atoms with Crippen LogP contribution >= 0.6 is 11.8 Å². The molecule has 1 aromatic rings. The summed E-state index contributed by atoms with van der Waals surface area (Å²) >= 11 is 1.20. The van der Waals surface area contributed by atoms with Crippen molar-refractivity contribution >= 4 is 28.5 Å². The molecule has 0 fully saturated rings. The number of rotatable bonds is 1. The van der Waals surface area contributed by atoms with Gasteiger partial charge in [0.2, 0.25) is 5.91 Å². The Bertz CT molecular complexity index is 540. The summed E-state index contributed by atoms with van der Waals surface area (Å²) in [5.74, 6) is 6.43. The maximum atomic E-state index is 11.2. The number of carbonyl (C=O) groups excluding carboxylic acids is 2. The highest BCUT2D eigenvalue weighted by atomic mass is 32.2.